The molecule has 1 aliphatic heterocycles. The van der Waals surface area contributed by atoms with E-state index in [4.69, 9.17) is 27.9 Å². The molecule has 4 rings (SSSR count). The molecule has 1 N–H and O–H groups in total. The summed E-state index contributed by atoms with van der Waals surface area (Å²) in [4.78, 5) is 27.3. The molecule has 0 radical (unpaired) electrons. The first kappa shape index (κ1) is 21.0. The van der Waals surface area contributed by atoms with Gasteiger partial charge in [0.15, 0.2) is 0 Å². The molecule has 0 unspecified atom stereocenters. The van der Waals surface area contributed by atoms with E-state index >= 15 is 0 Å². The number of anilines is 1. The van der Waals surface area contributed by atoms with Gasteiger partial charge in [0.2, 0.25) is 0 Å². The van der Waals surface area contributed by atoms with E-state index in [0.29, 0.717) is 39.0 Å². The summed E-state index contributed by atoms with van der Waals surface area (Å²) in [5, 5.41) is 3.51. The lowest BCUT2D eigenvalue weighted by Gasteiger charge is -2.44. The maximum atomic E-state index is 13.2. The fraction of sp³-hybridized carbons (Fsp3) is 0.391. The van der Waals surface area contributed by atoms with Crippen LogP contribution in [-0.4, -0.2) is 29.5 Å². The van der Waals surface area contributed by atoms with Crippen LogP contribution in [-0.2, 0) is 0 Å². The van der Waals surface area contributed by atoms with Crippen molar-refractivity contribution in [1.29, 1.82) is 0 Å². The standard InChI is InChI=1S/C23H24Cl2N2O3/c24-16-7-10-18(11-8-16)30-23(29)26-17-9-12-19(20(25)14-17)22(28)27-13-3-5-15-4-1-2-6-21(15)27/h7-12,14-15,21H,1-6,13H2,(H,26,29)/t15-,21-/m1/s1. The Morgan fingerprint density at radius 3 is 2.47 bits per heavy atom. The second-order valence-electron chi connectivity index (χ2n) is 7.92. The molecule has 2 amide bonds. The minimum atomic E-state index is -0.645. The molecule has 2 aliphatic rings. The number of halogens is 2. The van der Waals surface area contributed by atoms with Gasteiger partial charge in [-0.25, -0.2) is 4.79 Å². The predicted octanol–water partition coefficient (Wildman–Crippen LogP) is 6.40. The first-order chi connectivity index (χ1) is 14.5. The molecular weight excluding hydrogens is 423 g/mol. The predicted molar refractivity (Wildman–Crippen MR) is 119 cm³/mol. The van der Waals surface area contributed by atoms with Crippen molar-refractivity contribution in [2.45, 2.75) is 44.6 Å². The molecular formula is C23H24Cl2N2O3. The van der Waals surface area contributed by atoms with Crippen molar-refractivity contribution in [3.63, 3.8) is 0 Å². The Bertz CT molecular complexity index is 931. The zero-order chi connectivity index (χ0) is 21.1. The number of fused-ring (bicyclic) bond motifs is 1. The van der Waals surface area contributed by atoms with Crippen LogP contribution in [0.4, 0.5) is 10.5 Å². The van der Waals surface area contributed by atoms with Crippen LogP contribution in [0.3, 0.4) is 0 Å². The van der Waals surface area contributed by atoms with Crippen LogP contribution >= 0.6 is 23.2 Å². The van der Waals surface area contributed by atoms with Gasteiger partial charge in [-0.05, 0) is 74.1 Å². The fourth-order valence-electron chi connectivity index (χ4n) is 4.55. The molecule has 0 bridgehead atoms. The number of carbonyl (C=O) groups is 2. The van der Waals surface area contributed by atoms with Crippen molar-refractivity contribution in [3.8, 4) is 5.75 Å². The highest BCUT2D eigenvalue weighted by Gasteiger charge is 2.36. The summed E-state index contributed by atoms with van der Waals surface area (Å²) >= 11 is 12.3. The largest absolute Gasteiger partial charge is 0.417 e. The van der Waals surface area contributed by atoms with Gasteiger partial charge >= 0.3 is 6.09 Å². The fourth-order valence-corrected chi connectivity index (χ4v) is 4.94. The topological polar surface area (TPSA) is 58.6 Å². The van der Waals surface area contributed by atoms with E-state index in [0.717, 1.165) is 19.4 Å². The summed E-state index contributed by atoms with van der Waals surface area (Å²) in [5.74, 6) is 0.965. The number of nitrogens with zero attached hydrogens (tertiary/aromatic N) is 1. The lowest BCUT2D eigenvalue weighted by Crippen LogP contribution is -2.49. The van der Waals surface area contributed by atoms with Gasteiger partial charge < -0.3 is 9.64 Å². The van der Waals surface area contributed by atoms with E-state index in [9.17, 15) is 9.59 Å². The second kappa shape index (κ2) is 9.27. The Labute approximate surface area is 186 Å². The van der Waals surface area contributed by atoms with Crippen molar-refractivity contribution in [1.82, 2.24) is 4.90 Å². The average Bonchev–Trinajstić information content (AvgIpc) is 2.74. The number of piperidine rings is 1. The molecule has 2 aromatic rings. The Kier molecular flexibility index (Phi) is 6.49. The van der Waals surface area contributed by atoms with E-state index in [1.165, 1.54) is 25.7 Å². The molecule has 1 heterocycles. The first-order valence-electron chi connectivity index (χ1n) is 10.4. The van der Waals surface area contributed by atoms with Crippen molar-refractivity contribution in [3.05, 3.63) is 58.1 Å². The number of hydrogen-bond acceptors (Lipinski definition) is 3. The van der Waals surface area contributed by atoms with Crippen molar-refractivity contribution in [2.24, 2.45) is 5.92 Å². The van der Waals surface area contributed by atoms with E-state index in [1.807, 2.05) is 4.90 Å². The molecule has 5 nitrogen and oxygen atoms in total. The third-order valence-electron chi connectivity index (χ3n) is 5.97. The van der Waals surface area contributed by atoms with Crippen molar-refractivity contribution in [2.75, 3.05) is 11.9 Å². The number of ether oxygens (including phenoxy) is 1. The van der Waals surface area contributed by atoms with Crippen LogP contribution in [0.1, 0.15) is 48.9 Å². The van der Waals surface area contributed by atoms with Gasteiger partial charge in [-0.2, -0.15) is 0 Å². The second-order valence-corrected chi connectivity index (χ2v) is 8.76. The quantitative estimate of drug-likeness (QED) is 0.593. The van der Waals surface area contributed by atoms with Gasteiger partial charge in [-0.3, -0.25) is 10.1 Å². The Hall–Kier alpha value is -2.24. The van der Waals surface area contributed by atoms with Crippen molar-refractivity contribution >= 4 is 40.9 Å². The molecule has 2 atom stereocenters. The zero-order valence-electron chi connectivity index (χ0n) is 16.6. The lowest BCUT2D eigenvalue weighted by atomic mass is 9.78. The van der Waals surface area contributed by atoms with Crippen LogP contribution in [0, 0.1) is 5.92 Å². The average molecular weight is 447 g/mol. The summed E-state index contributed by atoms with van der Waals surface area (Å²) in [5.41, 5.74) is 0.934. The Morgan fingerprint density at radius 1 is 0.967 bits per heavy atom. The van der Waals surface area contributed by atoms with Crippen LogP contribution < -0.4 is 10.1 Å². The molecule has 2 aromatic carbocycles. The third kappa shape index (κ3) is 4.73. The highest BCUT2D eigenvalue weighted by Crippen LogP contribution is 2.36. The van der Waals surface area contributed by atoms with Crippen LogP contribution in [0.25, 0.3) is 0 Å². The normalized spacial score (nSPS) is 20.9. The lowest BCUT2D eigenvalue weighted by molar-refractivity contribution is 0.0391. The maximum absolute atomic E-state index is 13.2. The van der Waals surface area contributed by atoms with Gasteiger partial charge in [0, 0.05) is 23.3 Å². The molecule has 1 aliphatic carbocycles. The number of amides is 2. The number of rotatable bonds is 3. The third-order valence-corrected chi connectivity index (χ3v) is 6.54. The molecule has 1 saturated heterocycles. The number of hydrogen-bond donors (Lipinski definition) is 1. The summed E-state index contributed by atoms with van der Waals surface area (Å²) in [6.07, 6.45) is 6.33. The SMILES string of the molecule is O=C(Nc1ccc(C(=O)N2CCC[C@H]3CCCC[C@H]32)c(Cl)c1)Oc1ccc(Cl)cc1. The number of carbonyl (C=O) groups excluding carboxylic acids is 2. The highest BCUT2D eigenvalue weighted by molar-refractivity contribution is 6.34. The Morgan fingerprint density at radius 2 is 1.70 bits per heavy atom. The van der Waals surface area contributed by atoms with E-state index < -0.39 is 6.09 Å². The van der Waals surface area contributed by atoms with E-state index in [2.05, 4.69) is 5.32 Å². The van der Waals surface area contributed by atoms with Gasteiger partial charge in [0.25, 0.3) is 5.91 Å². The molecule has 1 saturated carbocycles. The number of nitrogens with one attached hydrogen (secondary N) is 1. The minimum Gasteiger partial charge on any atom is -0.410 e. The van der Waals surface area contributed by atoms with Gasteiger partial charge in [-0.15, -0.1) is 0 Å². The smallest absolute Gasteiger partial charge is 0.410 e. The summed E-state index contributed by atoms with van der Waals surface area (Å²) in [7, 11) is 0. The van der Waals surface area contributed by atoms with E-state index in [1.54, 1.807) is 42.5 Å². The van der Waals surface area contributed by atoms with Gasteiger partial charge in [0.05, 0.1) is 10.6 Å². The maximum Gasteiger partial charge on any atom is 0.417 e. The summed E-state index contributed by atoms with van der Waals surface area (Å²) < 4.78 is 5.22. The molecule has 0 spiro atoms. The molecule has 158 valence electrons. The van der Waals surface area contributed by atoms with Crippen LogP contribution in [0.2, 0.25) is 10.0 Å². The zero-order valence-corrected chi connectivity index (χ0v) is 18.1. The highest BCUT2D eigenvalue weighted by atomic mass is 35.5. The first-order valence-corrected chi connectivity index (χ1v) is 11.1. The number of likely N-dealkylation sites (tertiary alicyclic amines) is 1. The van der Waals surface area contributed by atoms with Gasteiger partial charge in [-0.1, -0.05) is 36.0 Å². The Balaban J connectivity index is 1.43. The van der Waals surface area contributed by atoms with Crippen molar-refractivity contribution < 1.29 is 14.3 Å². The minimum absolute atomic E-state index is 0.0214. The van der Waals surface area contributed by atoms with Crippen LogP contribution in [0.15, 0.2) is 42.5 Å². The molecule has 30 heavy (non-hydrogen) atoms. The van der Waals surface area contributed by atoms with E-state index in [-0.39, 0.29) is 5.91 Å². The molecule has 7 heteroatoms. The molecule has 0 aromatic heterocycles. The summed E-state index contributed by atoms with van der Waals surface area (Å²) in [6.45, 7) is 0.781. The van der Waals surface area contributed by atoms with Gasteiger partial charge in [0.1, 0.15) is 5.75 Å². The molecule has 2 fully saturated rings. The van der Waals surface area contributed by atoms with Crippen LogP contribution in [0.5, 0.6) is 5.75 Å². The summed E-state index contributed by atoms with van der Waals surface area (Å²) in [6, 6.07) is 11.7. The number of benzene rings is 2. The monoisotopic (exact) mass is 446 g/mol.